The third-order valence-electron chi connectivity index (χ3n) is 16.3. The summed E-state index contributed by atoms with van der Waals surface area (Å²) in [7, 11) is 0. The Morgan fingerprint density at radius 1 is 0.574 bits per heavy atom. The van der Waals surface area contributed by atoms with E-state index < -0.39 is 187 Å². The number of imidazole rings is 1. The van der Waals surface area contributed by atoms with E-state index in [2.05, 4.69) is 68.1 Å². The number of aromatic amines is 1. The second-order valence-electron chi connectivity index (χ2n) is 26.5. The van der Waals surface area contributed by atoms with E-state index >= 15 is 0 Å². The number of hydrogen-bond donors (Lipinski definition) is 19. The molecule has 12 amide bonds. The fourth-order valence-corrected chi connectivity index (χ4v) is 10.9. The number of aliphatic carboxylic acids is 2. The van der Waals surface area contributed by atoms with Gasteiger partial charge in [0, 0.05) is 37.8 Å². The highest BCUT2D eigenvalue weighted by Gasteiger charge is 2.42. The van der Waals surface area contributed by atoms with Crippen molar-refractivity contribution in [1.82, 2.24) is 68.0 Å². The molecule has 2 heterocycles. The number of nitrogens with zero attached hydrogens (tertiary/aromatic N) is 3. The standard InChI is InChI=1S/C65H105N19O17/c1-33(2)24-41(55(91)76-42(25-34(3)4)56(92)81-47(31-85)59(95)80-46(64(100)101)27-38-30-71-32-73-38)75-54(90)40(19-12-13-21-66)74-57(93)43(26-37-16-10-9-11-17-37)77-58(94)44(28-49(68)86)78-61(97)52(36(7)8)83-60(96)48-20-15-23-84(48)63(99)45(29-50(87)88)79-62(98)51(35(5)6)82-53(89)39(67)18-14-22-72-65(69)70/h9-11,16-17,30,32-36,39-48,51-52,85H,12-15,18-29,31,66-67H2,1-8H3,(H2,68,86)(H,71,73)(H,74,93)(H,75,90)(H,76,91)(H,77,94)(H,78,97)(H,79,98)(H,80,95)(H,81,92)(H,82,89)(H,83,96)(H,87,88)(H,100,101)(H4,69,70,72). The number of likely N-dealkylation sites (tertiary alicyclic amines) is 1. The second-order valence-corrected chi connectivity index (χ2v) is 26.5. The Labute approximate surface area is 586 Å². The maximum atomic E-state index is 14.7. The van der Waals surface area contributed by atoms with Gasteiger partial charge in [-0.1, -0.05) is 85.7 Å². The van der Waals surface area contributed by atoms with Gasteiger partial charge in [0.25, 0.3) is 0 Å². The quantitative estimate of drug-likeness (QED) is 0.0168. The zero-order valence-electron chi connectivity index (χ0n) is 58.6. The van der Waals surface area contributed by atoms with Crippen molar-refractivity contribution in [2.24, 2.45) is 57.3 Å². The monoisotopic (exact) mass is 1420 g/mol. The van der Waals surface area contributed by atoms with Gasteiger partial charge in [0.05, 0.1) is 31.8 Å². The average Bonchev–Trinajstić information content (AvgIpc) is 1.76. The van der Waals surface area contributed by atoms with E-state index in [9.17, 15) is 82.4 Å². The number of rotatable bonds is 45. The molecule has 1 aliphatic heterocycles. The minimum absolute atomic E-state index is 0.00591. The van der Waals surface area contributed by atoms with Crippen LogP contribution >= 0.6 is 0 Å². The zero-order valence-corrected chi connectivity index (χ0v) is 58.6. The predicted octanol–water partition coefficient (Wildman–Crippen LogP) is -4.62. The molecule has 0 radical (unpaired) electrons. The third kappa shape index (κ3) is 29.9. The zero-order chi connectivity index (χ0) is 75.8. The number of primary amides is 1. The van der Waals surface area contributed by atoms with Gasteiger partial charge in [-0.2, -0.15) is 0 Å². The van der Waals surface area contributed by atoms with Crippen LogP contribution in [-0.4, -0.2) is 218 Å². The fourth-order valence-electron chi connectivity index (χ4n) is 10.9. The normalized spacial score (nSPS) is 16.1. The van der Waals surface area contributed by atoms with E-state index in [1.54, 1.807) is 85.7 Å². The second kappa shape index (κ2) is 43.0. The first-order valence-electron chi connectivity index (χ1n) is 33.8. The first-order valence-corrected chi connectivity index (χ1v) is 33.8. The van der Waals surface area contributed by atoms with Crippen molar-refractivity contribution in [2.75, 3.05) is 26.2 Å². The lowest BCUT2D eigenvalue weighted by Crippen LogP contribution is -2.62. The van der Waals surface area contributed by atoms with Crippen molar-refractivity contribution >= 4 is 88.8 Å². The molecular weight excluding hydrogens is 1320 g/mol. The smallest absolute Gasteiger partial charge is 0.326 e. The Balaban J connectivity index is 1.89. The molecule has 1 saturated heterocycles. The number of carboxylic acids is 2. The molecule has 1 fully saturated rings. The van der Waals surface area contributed by atoms with Gasteiger partial charge in [0.2, 0.25) is 70.9 Å². The van der Waals surface area contributed by atoms with Crippen LogP contribution in [0.15, 0.2) is 47.8 Å². The van der Waals surface area contributed by atoms with Gasteiger partial charge in [-0.15, -0.1) is 0 Å². The van der Waals surface area contributed by atoms with Gasteiger partial charge in [-0.3, -0.25) is 67.3 Å². The Morgan fingerprint density at radius 3 is 1.59 bits per heavy atom. The minimum Gasteiger partial charge on any atom is -0.481 e. The van der Waals surface area contributed by atoms with Crippen LogP contribution in [0.2, 0.25) is 0 Å². The number of carboxylic acid groups (broad SMARTS) is 2. The minimum atomic E-state index is -1.81. The van der Waals surface area contributed by atoms with Gasteiger partial charge in [0.1, 0.15) is 66.5 Å². The Morgan fingerprint density at radius 2 is 1.08 bits per heavy atom. The van der Waals surface area contributed by atoms with Gasteiger partial charge in [0.15, 0.2) is 5.96 Å². The van der Waals surface area contributed by atoms with Crippen LogP contribution in [0.5, 0.6) is 0 Å². The number of guanidine groups is 1. The molecule has 2 aromatic rings. The number of aromatic nitrogens is 2. The number of carbonyl (C=O) groups is 14. The summed E-state index contributed by atoms with van der Waals surface area (Å²) in [4.78, 5) is 204. The number of hydrogen-bond acceptors (Lipinski definition) is 19. The summed E-state index contributed by atoms with van der Waals surface area (Å²) in [5, 5.41) is 55.2. The van der Waals surface area contributed by atoms with E-state index in [0.717, 1.165) is 4.90 Å². The van der Waals surface area contributed by atoms with E-state index in [0.29, 0.717) is 24.1 Å². The molecule has 36 nitrogen and oxygen atoms in total. The molecule has 24 N–H and O–H groups in total. The van der Waals surface area contributed by atoms with E-state index in [1.807, 2.05) is 0 Å². The molecule has 0 bridgehead atoms. The molecule has 1 aromatic carbocycles. The summed E-state index contributed by atoms with van der Waals surface area (Å²) in [5.41, 5.74) is 29.1. The van der Waals surface area contributed by atoms with Gasteiger partial charge >= 0.3 is 11.9 Å². The summed E-state index contributed by atoms with van der Waals surface area (Å²) >= 11 is 0. The Bertz CT molecular complexity index is 3150. The topological polar surface area (TPSA) is 594 Å². The lowest BCUT2D eigenvalue weighted by Gasteiger charge is -2.31. The van der Waals surface area contributed by atoms with Crippen molar-refractivity contribution in [3.8, 4) is 0 Å². The Kier molecular flexibility index (Phi) is 36.3. The van der Waals surface area contributed by atoms with E-state index in [4.69, 9.17) is 28.7 Å². The van der Waals surface area contributed by atoms with Crippen LogP contribution in [0.25, 0.3) is 0 Å². The summed E-state index contributed by atoms with van der Waals surface area (Å²) < 4.78 is 0. The van der Waals surface area contributed by atoms with Crippen molar-refractivity contribution < 1.29 is 82.4 Å². The number of amides is 12. The van der Waals surface area contributed by atoms with Crippen LogP contribution in [0.3, 0.4) is 0 Å². The van der Waals surface area contributed by atoms with Gasteiger partial charge in [-0.25, -0.2) is 9.78 Å². The molecule has 0 saturated carbocycles. The summed E-state index contributed by atoms with van der Waals surface area (Å²) in [6.07, 6.45) is 1.74. The SMILES string of the molecule is CC(C)CC(NC(=O)C(CC(C)C)NC(=O)C(CCCCN)NC(=O)C(Cc1ccccc1)NC(=O)C(CC(N)=O)NC(=O)C(NC(=O)C1CCCN1C(=O)C(CC(=O)O)NC(=O)C(NC(=O)C(N)CCCN=C(N)N)C(C)C)C(C)C)C(=O)NC(CO)C(=O)NC(Cc1cnc[nH]1)C(=O)O. The van der Waals surface area contributed by atoms with Crippen LogP contribution in [0, 0.1) is 23.7 Å². The van der Waals surface area contributed by atoms with Crippen molar-refractivity contribution in [1.29, 1.82) is 0 Å². The molecule has 3 rings (SSSR count). The number of unbranched alkanes of at least 4 members (excludes halogenated alkanes) is 1. The molecule has 0 spiro atoms. The number of nitrogens with two attached hydrogens (primary N) is 5. The highest BCUT2D eigenvalue weighted by atomic mass is 16.4. The van der Waals surface area contributed by atoms with Crippen molar-refractivity contribution in [3.05, 3.63) is 54.1 Å². The predicted molar refractivity (Wildman–Crippen MR) is 367 cm³/mol. The number of carbonyl (C=O) groups excluding carboxylic acids is 12. The highest BCUT2D eigenvalue weighted by Crippen LogP contribution is 2.21. The van der Waals surface area contributed by atoms with Crippen molar-refractivity contribution in [2.45, 2.75) is 211 Å². The van der Waals surface area contributed by atoms with Gasteiger partial charge in [-0.05, 0) is 93.6 Å². The van der Waals surface area contributed by atoms with Gasteiger partial charge < -0.3 is 107 Å². The van der Waals surface area contributed by atoms with Crippen molar-refractivity contribution in [3.63, 3.8) is 0 Å². The fraction of sp³-hybridized carbons (Fsp3) is 0.631. The molecule has 12 unspecified atom stereocenters. The number of H-pyrrole nitrogens is 1. The number of aliphatic hydroxyl groups is 1. The summed E-state index contributed by atoms with van der Waals surface area (Å²) in [6.45, 7) is 12.6. The largest absolute Gasteiger partial charge is 0.481 e. The number of aliphatic hydroxyl groups excluding tert-OH is 1. The first kappa shape index (κ1) is 85.4. The lowest BCUT2D eigenvalue weighted by molar-refractivity contribution is -0.146. The summed E-state index contributed by atoms with van der Waals surface area (Å²) in [5.74, 6) is -16.2. The molecule has 12 atom stereocenters. The van der Waals surface area contributed by atoms with E-state index in [-0.39, 0.29) is 95.2 Å². The molecule has 1 aromatic heterocycles. The highest BCUT2D eigenvalue weighted by molar-refractivity contribution is 6.01. The number of benzene rings is 1. The molecule has 36 heteroatoms. The maximum absolute atomic E-state index is 14.7. The molecular formula is C65H105N19O17. The third-order valence-corrected chi connectivity index (χ3v) is 16.3. The summed E-state index contributed by atoms with van der Waals surface area (Å²) in [6, 6.07) is -9.31. The first-order chi connectivity index (χ1) is 47.6. The lowest BCUT2D eigenvalue weighted by atomic mass is 9.99. The molecule has 0 aliphatic carbocycles. The van der Waals surface area contributed by atoms with Crippen LogP contribution < -0.4 is 81.8 Å². The van der Waals surface area contributed by atoms with Crippen LogP contribution in [0.4, 0.5) is 0 Å². The van der Waals surface area contributed by atoms with E-state index in [1.165, 1.54) is 12.5 Å². The Hall–Kier alpha value is -9.84. The molecule has 101 heavy (non-hydrogen) atoms. The number of nitrogens with one attached hydrogen (secondary N) is 11. The molecule has 562 valence electrons. The maximum Gasteiger partial charge on any atom is 0.326 e. The number of aliphatic imine (C=N–C) groups is 1. The molecule has 1 aliphatic rings. The average molecular weight is 1420 g/mol. The van der Waals surface area contributed by atoms with Crippen LogP contribution in [0.1, 0.15) is 137 Å². The van der Waals surface area contributed by atoms with Crippen LogP contribution in [-0.2, 0) is 80.0 Å².